The summed E-state index contributed by atoms with van der Waals surface area (Å²) >= 11 is 5.85. The topological polar surface area (TPSA) is 91.2 Å². The number of hydrogen-bond donors (Lipinski definition) is 2. The monoisotopic (exact) mass is 417 g/mol. The van der Waals surface area contributed by atoms with Crippen LogP contribution >= 0.6 is 11.6 Å². The Bertz CT molecular complexity index is 893. The van der Waals surface area contributed by atoms with Crippen LogP contribution in [0.3, 0.4) is 0 Å². The number of phenols is 1. The normalized spacial score (nSPS) is 11.1. The second-order valence-corrected chi connectivity index (χ2v) is 6.62. The fourth-order valence-electron chi connectivity index (χ4n) is 2.55. The molecule has 7 nitrogen and oxygen atoms in total. The molecule has 0 aliphatic rings. The summed E-state index contributed by atoms with van der Waals surface area (Å²) in [5, 5.41) is 14.2. The SMILES string of the molecule is CCN(CC)C(=O)COc1ccc(/C(C)=N\NC(=O)c2cc(Cl)ccc2O)cc1. The van der Waals surface area contributed by atoms with E-state index in [1.54, 1.807) is 36.1 Å². The van der Waals surface area contributed by atoms with Crippen molar-refractivity contribution in [2.24, 2.45) is 5.10 Å². The maximum absolute atomic E-state index is 12.2. The van der Waals surface area contributed by atoms with E-state index in [-0.39, 0.29) is 23.8 Å². The van der Waals surface area contributed by atoms with Gasteiger partial charge in [-0.05, 0) is 68.8 Å². The van der Waals surface area contributed by atoms with E-state index >= 15 is 0 Å². The van der Waals surface area contributed by atoms with Crippen molar-refractivity contribution in [1.82, 2.24) is 10.3 Å². The van der Waals surface area contributed by atoms with Crippen LogP contribution < -0.4 is 10.2 Å². The number of ether oxygens (including phenoxy) is 1. The number of nitrogens with zero attached hydrogens (tertiary/aromatic N) is 2. The number of amides is 2. The molecule has 2 N–H and O–H groups in total. The number of phenolic OH excluding ortho intramolecular Hbond substituents is 1. The Morgan fingerprint density at radius 1 is 1.14 bits per heavy atom. The van der Waals surface area contributed by atoms with Crippen LogP contribution in [0.15, 0.2) is 47.6 Å². The van der Waals surface area contributed by atoms with Crippen LogP contribution in [0.5, 0.6) is 11.5 Å². The molecule has 0 atom stereocenters. The average molecular weight is 418 g/mol. The van der Waals surface area contributed by atoms with Crippen LogP contribution in [-0.4, -0.2) is 47.2 Å². The Morgan fingerprint density at radius 2 is 1.79 bits per heavy atom. The molecule has 0 saturated heterocycles. The molecule has 0 aliphatic heterocycles. The predicted octanol–water partition coefficient (Wildman–Crippen LogP) is 3.45. The highest BCUT2D eigenvalue weighted by molar-refractivity contribution is 6.31. The van der Waals surface area contributed by atoms with Gasteiger partial charge < -0.3 is 14.7 Å². The van der Waals surface area contributed by atoms with Crippen molar-refractivity contribution in [3.8, 4) is 11.5 Å². The molecule has 0 fully saturated rings. The molecule has 0 saturated carbocycles. The minimum atomic E-state index is -0.570. The first-order valence-corrected chi connectivity index (χ1v) is 9.57. The Morgan fingerprint density at radius 3 is 2.41 bits per heavy atom. The van der Waals surface area contributed by atoms with Gasteiger partial charge in [0.05, 0.1) is 11.3 Å². The van der Waals surface area contributed by atoms with Gasteiger partial charge in [-0.2, -0.15) is 5.10 Å². The zero-order chi connectivity index (χ0) is 21.4. The van der Waals surface area contributed by atoms with Crippen molar-refractivity contribution in [1.29, 1.82) is 0 Å². The smallest absolute Gasteiger partial charge is 0.275 e. The molecule has 29 heavy (non-hydrogen) atoms. The Kier molecular flexibility index (Phi) is 8.03. The summed E-state index contributed by atoms with van der Waals surface area (Å²) in [7, 11) is 0. The van der Waals surface area contributed by atoms with Crippen LogP contribution in [0.2, 0.25) is 5.02 Å². The standard InChI is InChI=1S/C21H24ClN3O4/c1-4-25(5-2)20(27)13-29-17-9-6-15(7-10-17)14(3)23-24-21(28)18-12-16(22)8-11-19(18)26/h6-12,26H,4-5,13H2,1-3H3,(H,24,28)/b23-14-. The van der Waals surface area contributed by atoms with E-state index < -0.39 is 5.91 Å². The highest BCUT2D eigenvalue weighted by Crippen LogP contribution is 2.21. The molecule has 0 aromatic heterocycles. The van der Waals surface area contributed by atoms with Gasteiger partial charge >= 0.3 is 0 Å². The largest absolute Gasteiger partial charge is 0.507 e. The predicted molar refractivity (Wildman–Crippen MR) is 113 cm³/mol. The number of carbonyl (C=O) groups is 2. The summed E-state index contributed by atoms with van der Waals surface area (Å²) in [6.07, 6.45) is 0. The van der Waals surface area contributed by atoms with Crippen molar-refractivity contribution >= 4 is 29.1 Å². The first-order chi connectivity index (χ1) is 13.8. The molecule has 0 bridgehead atoms. The van der Waals surface area contributed by atoms with E-state index in [2.05, 4.69) is 10.5 Å². The maximum atomic E-state index is 12.2. The number of hydrazone groups is 1. The molecule has 2 aromatic rings. The number of rotatable bonds is 8. The number of hydrogen-bond acceptors (Lipinski definition) is 5. The fraction of sp³-hybridized carbons (Fsp3) is 0.286. The van der Waals surface area contributed by atoms with Crippen molar-refractivity contribution in [2.75, 3.05) is 19.7 Å². The van der Waals surface area contributed by atoms with E-state index in [0.717, 1.165) is 5.56 Å². The van der Waals surface area contributed by atoms with E-state index in [1.165, 1.54) is 18.2 Å². The number of nitrogens with one attached hydrogen (secondary N) is 1. The lowest BCUT2D eigenvalue weighted by Crippen LogP contribution is -2.34. The average Bonchev–Trinajstić information content (AvgIpc) is 2.73. The van der Waals surface area contributed by atoms with E-state index in [0.29, 0.717) is 29.6 Å². The van der Waals surface area contributed by atoms with Crippen molar-refractivity contribution in [2.45, 2.75) is 20.8 Å². The molecular weight excluding hydrogens is 394 g/mol. The van der Waals surface area contributed by atoms with Gasteiger partial charge in [0.1, 0.15) is 11.5 Å². The summed E-state index contributed by atoms with van der Waals surface area (Å²) in [4.78, 5) is 25.8. The van der Waals surface area contributed by atoms with Crippen LogP contribution in [0.4, 0.5) is 0 Å². The van der Waals surface area contributed by atoms with Gasteiger partial charge in [0.2, 0.25) is 0 Å². The van der Waals surface area contributed by atoms with Crippen LogP contribution in [0.25, 0.3) is 0 Å². The molecule has 8 heteroatoms. The second-order valence-electron chi connectivity index (χ2n) is 6.18. The minimum Gasteiger partial charge on any atom is -0.507 e. The van der Waals surface area contributed by atoms with Crippen LogP contribution in [-0.2, 0) is 4.79 Å². The molecule has 0 radical (unpaired) electrons. The third-order valence-electron chi connectivity index (χ3n) is 4.28. The van der Waals surface area contributed by atoms with Crippen LogP contribution in [0, 0.1) is 0 Å². The molecule has 0 unspecified atom stereocenters. The minimum absolute atomic E-state index is 0.0206. The fourth-order valence-corrected chi connectivity index (χ4v) is 2.73. The van der Waals surface area contributed by atoms with E-state index in [4.69, 9.17) is 16.3 Å². The summed E-state index contributed by atoms with van der Waals surface area (Å²) in [6.45, 7) is 6.85. The highest BCUT2D eigenvalue weighted by atomic mass is 35.5. The summed E-state index contributed by atoms with van der Waals surface area (Å²) in [5.74, 6) is -0.251. The summed E-state index contributed by atoms with van der Waals surface area (Å²) in [5.41, 5.74) is 3.76. The van der Waals surface area contributed by atoms with Crippen molar-refractivity contribution in [3.63, 3.8) is 0 Å². The Hall–Kier alpha value is -3.06. The van der Waals surface area contributed by atoms with Gasteiger partial charge in [0.25, 0.3) is 11.8 Å². The number of benzene rings is 2. The quantitative estimate of drug-likeness (QED) is 0.508. The lowest BCUT2D eigenvalue weighted by Gasteiger charge is -2.18. The van der Waals surface area contributed by atoms with Gasteiger partial charge in [-0.25, -0.2) is 5.43 Å². The first-order valence-electron chi connectivity index (χ1n) is 9.19. The molecule has 0 spiro atoms. The lowest BCUT2D eigenvalue weighted by atomic mass is 10.1. The molecule has 2 aromatic carbocycles. The van der Waals surface area contributed by atoms with Crippen molar-refractivity contribution in [3.05, 3.63) is 58.6 Å². The Balaban J connectivity index is 1.97. The van der Waals surface area contributed by atoms with E-state index in [1.807, 2.05) is 13.8 Å². The molecule has 0 aliphatic carbocycles. The molecule has 2 rings (SSSR count). The van der Waals surface area contributed by atoms with Gasteiger partial charge in [-0.3, -0.25) is 9.59 Å². The molecular formula is C21H24ClN3O4. The zero-order valence-electron chi connectivity index (χ0n) is 16.6. The summed E-state index contributed by atoms with van der Waals surface area (Å²) in [6, 6.07) is 11.2. The number of aromatic hydroxyl groups is 1. The third-order valence-corrected chi connectivity index (χ3v) is 4.51. The van der Waals surface area contributed by atoms with Gasteiger partial charge in [0, 0.05) is 18.1 Å². The summed E-state index contributed by atoms with van der Waals surface area (Å²) < 4.78 is 5.53. The molecule has 154 valence electrons. The number of halogens is 1. The highest BCUT2D eigenvalue weighted by Gasteiger charge is 2.12. The zero-order valence-corrected chi connectivity index (χ0v) is 17.4. The number of carbonyl (C=O) groups excluding carboxylic acids is 2. The van der Waals surface area contributed by atoms with Gasteiger partial charge in [-0.1, -0.05) is 11.6 Å². The lowest BCUT2D eigenvalue weighted by molar-refractivity contribution is -0.132. The third kappa shape index (κ3) is 6.22. The van der Waals surface area contributed by atoms with E-state index in [9.17, 15) is 14.7 Å². The first kappa shape index (κ1) is 22.2. The number of likely N-dealkylation sites (N-methyl/N-ethyl adjacent to an activating group) is 1. The van der Waals surface area contributed by atoms with Gasteiger partial charge in [0.15, 0.2) is 6.61 Å². The van der Waals surface area contributed by atoms with Crippen LogP contribution in [0.1, 0.15) is 36.7 Å². The molecule has 0 heterocycles. The molecule has 2 amide bonds. The maximum Gasteiger partial charge on any atom is 0.275 e. The Labute approximate surface area is 174 Å². The second kappa shape index (κ2) is 10.5. The van der Waals surface area contributed by atoms with Gasteiger partial charge in [-0.15, -0.1) is 0 Å². The van der Waals surface area contributed by atoms with Crippen molar-refractivity contribution < 1.29 is 19.4 Å².